The van der Waals surface area contributed by atoms with Gasteiger partial charge in [-0.2, -0.15) is 0 Å². The molecule has 4 rings (SSSR count). The molecule has 1 fully saturated rings. The molecule has 30 heavy (non-hydrogen) atoms. The molecule has 0 radical (unpaired) electrons. The Bertz CT molecular complexity index is 1070. The summed E-state index contributed by atoms with van der Waals surface area (Å²) in [6, 6.07) is 19.0. The fourth-order valence-corrected chi connectivity index (χ4v) is 3.47. The van der Waals surface area contributed by atoms with E-state index in [1.807, 2.05) is 70.4 Å². The summed E-state index contributed by atoms with van der Waals surface area (Å²) in [6.45, 7) is 1.05. The summed E-state index contributed by atoms with van der Waals surface area (Å²) in [5.74, 6) is 6.06. The first-order chi connectivity index (χ1) is 14.7. The van der Waals surface area contributed by atoms with E-state index in [2.05, 4.69) is 17.2 Å². The Kier molecular flexibility index (Phi) is 5.95. The Balaban J connectivity index is 1.30. The number of benzene rings is 2. The van der Waals surface area contributed by atoms with Gasteiger partial charge in [0.25, 0.3) is 5.91 Å². The number of carbonyl (C=O) groups is 2. The van der Waals surface area contributed by atoms with Gasteiger partial charge in [-0.1, -0.05) is 11.8 Å². The SMILES string of the molecule is O=C(NCC#Cc1ccc(N2CCCCC2=O)cc1)c1ccc(-n2cccc2)cc1. The zero-order valence-electron chi connectivity index (χ0n) is 16.7. The molecule has 5 heteroatoms. The van der Waals surface area contributed by atoms with Gasteiger partial charge in [0, 0.05) is 47.9 Å². The summed E-state index contributed by atoms with van der Waals surface area (Å²) in [6.07, 6.45) is 6.56. The monoisotopic (exact) mass is 397 g/mol. The van der Waals surface area contributed by atoms with Gasteiger partial charge in [-0.25, -0.2) is 0 Å². The molecule has 2 heterocycles. The maximum atomic E-state index is 12.3. The van der Waals surface area contributed by atoms with Crippen LogP contribution in [0.2, 0.25) is 0 Å². The van der Waals surface area contributed by atoms with Gasteiger partial charge < -0.3 is 14.8 Å². The third-order valence-electron chi connectivity index (χ3n) is 5.10. The Hall–Kier alpha value is -3.78. The van der Waals surface area contributed by atoms with Crippen LogP contribution in [0.25, 0.3) is 5.69 Å². The smallest absolute Gasteiger partial charge is 0.252 e. The highest BCUT2D eigenvalue weighted by Gasteiger charge is 2.19. The summed E-state index contributed by atoms with van der Waals surface area (Å²) in [5, 5.41) is 2.82. The first-order valence-electron chi connectivity index (χ1n) is 10.1. The fraction of sp³-hybridized carbons (Fsp3) is 0.200. The molecule has 5 nitrogen and oxygen atoms in total. The Morgan fingerprint density at radius 3 is 2.33 bits per heavy atom. The van der Waals surface area contributed by atoms with Crippen LogP contribution in [0.4, 0.5) is 5.69 Å². The number of rotatable bonds is 4. The number of aromatic nitrogens is 1. The molecule has 1 aromatic heterocycles. The summed E-state index contributed by atoms with van der Waals surface area (Å²) < 4.78 is 1.99. The molecule has 0 unspecified atom stereocenters. The summed E-state index contributed by atoms with van der Waals surface area (Å²) >= 11 is 0. The van der Waals surface area contributed by atoms with Gasteiger partial charge >= 0.3 is 0 Å². The lowest BCUT2D eigenvalue weighted by Crippen LogP contribution is -2.35. The van der Waals surface area contributed by atoms with Crippen LogP contribution >= 0.6 is 0 Å². The van der Waals surface area contributed by atoms with E-state index in [0.717, 1.165) is 36.3 Å². The number of nitrogens with one attached hydrogen (secondary N) is 1. The van der Waals surface area contributed by atoms with E-state index in [9.17, 15) is 9.59 Å². The number of carbonyl (C=O) groups excluding carboxylic acids is 2. The molecule has 1 aliphatic heterocycles. The minimum atomic E-state index is -0.151. The third kappa shape index (κ3) is 4.61. The van der Waals surface area contributed by atoms with Crippen LogP contribution in [0, 0.1) is 11.8 Å². The van der Waals surface area contributed by atoms with Gasteiger partial charge in [-0.15, -0.1) is 0 Å². The van der Waals surface area contributed by atoms with Crippen LogP contribution in [0.3, 0.4) is 0 Å². The summed E-state index contributed by atoms with van der Waals surface area (Å²) in [4.78, 5) is 26.1. The molecule has 2 amide bonds. The van der Waals surface area contributed by atoms with E-state index >= 15 is 0 Å². The molecule has 3 aromatic rings. The number of piperidine rings is 1. The number of nitrogens with zero attached hydrogens (tertiary/aromatic N) is 2. The van der Waals surface area contributed by atoms with Crippen molar-refractivity contribution >= 4 is 17.5 Å². The van der Waals surface area contributed by atoms with Crippen LogP contribution in [0.5, 0.6) is 0 Å². The average molecular weight is 397 g/mol. The van der Waals surface area contributed by atoms with Crippen LogP contribution < -0.4 is 10.2 Å². The Morgan fingerprint density at radius 1 is 0.933 bits per heavy atom. The topological polar surface area (TPSA) is 54.3 Å². The molecule has 1 saturated heterocycles. The molecule has 1 aliphatic rings. The second kappa shape index (κ2) is 9.15. The second-order valence-corrected chi connectivity index (χ2v) is 7.17. The minimum absolute atomic E-state index is 0.151. The third-order valence-corrected chi connectivity index (χ3v) is 5.10. The predicted molar refractivity (Wildman–Crippen MR) is 118 cm³/mol. The van der Waals surface area contributed by atoms with Crippen molar-refractivity contribution in [1.82, 2.24) is 9.88 Å². The highest BCUT2D eigenvalue weighted by Crippen LogP contribution is 2.21. The molecule has 0 aliphatic carbocycles. The number of hydrogen-bond acceptors (Lipinski definition) is 2. The molecule has 0 atom stereocenters. The number of amides is 2. The van der Waals surface area contributed by atoms with Crippen LogP contribution in [0.15, 0.2) is 73.1 Å². The van der Waals surface area contributed by atoms with Crippen molar-refractivity contribution in [2.45, 2.75) is 19.3 Å². The largest absolute Gasteiger partial charge is 0.341 e. The van der Waals surface area contributed by atoms with Crippen molar-refractivity contribution < 1.29 is 9.59 Å². The number of anilines is 1. The summed E-state index contributed by atoms with van der Waals surface area (Å²) in [7, 11) is 0. The highest BCUT2D eigenvalue weighted by atomic mass is 16.2. The molecule has 1 N–H and O–H groups in total. The van der Waals surface area contributed by atoms with Crippen molar-refractivity contribution in [2.75, 3.05) is 18.0 Å². The molecule has 2 aromatic carbocycles. The van der Waals surface area contributed by atoms with Crippen molar-refractivity contribution in [3.63, 3.8) is 0 Å². The van der Waals surface area contributed by atoms with E-state index in [1.54, 1.807) is 12.1 Å². The quantitative estimate of drug-likeness (QED) is 0.682. The molecular formula is C25H23N3O2. The van der Waals surface area contributed by atoms with Gasteiger partial charge in [0.2, 0.25) is 5.91 Å². The van der Waals surface area contributed by atoms with Crippen LogP contribution in [-0.2, 0) is 4.79 Å². The molecule has 0 spiro atoms. The first kappa shape index (κ1) is 19.5. The molecule has 150 valence electrons. The van der Waals surface area contributed by atoms with E-state index in [4.69, 9.17) is 0 Å². The molecule has 0 saturated carbocycles. The normalized spacial score (nSPS) is 13.5. The zero-order valence-corrected chi connectivity index (χ0v) is 16.7. The van der Waals surface area contributed by atoms with Crippen molar-refractivity contribution in [2.24, 2.45) is 0 Å². The standard InChI is InChI=1S/C25H23N3O2/c29-24-7-1-2-19-28(24)23-12-8-20(9-13-23)6-5-16-26-25(30)21-10-14-22(15-11-21)27-17-3-4-18-27/h3-4,8-15,17-18H,1-2,7,16,19H2,(H,26,30). The lowest BCUT2D eigenvalue weighted by atomic mass is 10.1. The minimum Gasteiger partial charge on any atom is -0.341 e. The van der Waals surface area contributed by atoms with Gasteiger partial charge in [0.05, 0.1) is 6.54 Å². The van der Waals surface area contributed by atoms with E-state index < -0.39 is 0 Å². The van der Waals surface area contributed by atoms with Gasteiger partial charge in [0.15, 0.2) is 0 Å². The van der Waals surface area contributed by atoms with Crippen LogP contribution in [0.1, 0.15) is 35.2 Å². The first-order valence-corrected chi connectivity index (χ1v) is 10.1. The van der Waals surface area contributed by atoms with Crippen molar-refractivity contribution in [3.8, 4) is 17.5 Å². The highest BCUT2D eigenvalue weighted by molar-refractivity contribution is 5.94. The average Bonchev–Trinajstić information content (AvgIpc) is 3.33. The number of hydrogen-bond donors (Lipinski definition) is 1. The van der Waals surface area contributed by atoms with Gasteiger partial charge in [-0.3, -0.25) is 9.59 Å². The lowest BCUT2D eigenvalue weighted by Gasteiger charge is -2.26. The maximum Gasteiger partial charge on any atom is 0.252 e. The van der Waals surface area contributed by atoms with Gasteiger partial charge in [0.1, 0.15) is 0 Å². The van der Waals surface area contributed by atoms with Crippen molar-refractivity contribution in [3.05, 3.63) is 84.2 Å². The van der Waals surface area contributed by atoms with E-state index in [-0.39, 0.29) is 18.4 Å². The Morgan fingerprint density at radius 2 is 1.63 bits per heavy atom. The lowest BCUT2D eigenvalue weighted by molar-refractivity contribution is -0.119. The Labute approximate surface area is 176 Å². The maximum absolute atomic E-state index is 12.3. The second-order valence-electron chi connectivity index (χ2n) is 7.17. The van der Waals surface area contributed by atoms with Crippen molar-refractivity contribution in [1.29, 1.82) is 0 Å². The predicted octanol–water partition coefficient (Wildman–Crippen LogP) is 3.78. The molecule has 0 bridgehead atoms. The van der Waals surface area contributed by atoms with Crippen LogP contribution in [-0.4, -0.2) is 29.5 Å². The molecular weight excluding hydrogens is 374 g/mol. The van der Waals surface area contributed by atoms with Gasteiger partial charge in [-0.05, 0) is 73.5 Å². The summed E-state index contributed by atoms with van der Waals surface area (Å²) in [5.41, 5.74) is 3.38. The zero-order chi connectivity index (χ0) is 20.8. The fourth-order valence-electron chi connectivity index (χ4n) is 3.47. The van der Waals surface area contributed by atoms with E-state index in [0.29, 0.717) is 12.0 Å². The van der Waals surface area contributed by atoms with E-state index in [1.165, 1.54) is 0 Å².